The first-order valence-electron chi connectivity index (χ1n) is 8.87. The minimum Gasteiger partial charge on any atom is -0.388 e. The molecule has 5 atom stereocenters. The van der Waals surface area contributed by atoms with E-state index in [0.717, 1.165) is 11.5 Å². The van der Waals surface area contributed by atoms with Crippen molar-refractivity contribution < 1.29 is 19.3 Å². The number of fused-ring (bicyclic) bond motifs is 1. The Bertz CT molecular complexity index is 302. The summed E-state index contributed by atoms with van der Waals surface area (Å²) in [7, 11) is 1.63. The van der Waals surface area contributed by atoms with E-state index in [1.807, 2.05) is 11.8 Å². The SMILES string of the molecule is CCCCCCCCCCSC[C@H]1O[C@H](OC)[C@@H]2O[C@@H]2[C@@H]1O. The van der Waals surface area contributed by atoms with Crippen molar-refractivity contribution in [1.29, 1.82) is 0 Å². The molecule has 2 saturated heterocycles. The van der Waals surface area contributed by atoms with Crippen LogP contribution in [-0.4, -0.2) is 54.4 Å². The maximum absolute atomic E-state index is 10.1. The lowest BCUT2D eigenvalue weighted by Crippen LogP contribution is -2.46. The van der Waals surface area contributed by atoms with E-state index in [1.165, 1.54) is 51.4 Å². The van der Waals surface area contributed by atoms with Gasteiger partial charge in [0.05, 0.1) is 6.10 Å². The maximum atomic E-state index is 10.1. The quantitative estimate of drug-likeness (QED) is 0.439. The molecule has 2 heterocycles. The second kappa shape index (κ2) is 10.1. The lowest BCUT2D eigenvalue weighted by molar-refractivity contribution is -0.192. The fraction of sp³-hybridized carbons (Fsp3) is 1.00. The molecule has 22 heavy (non-hydrogen) atoms. The van der Waals surface area contributed by atoms with Crippen molar-refractivity contribution in [3.8, 4) is 0 Å². The summed E-state index contributed by atoms with van der Waals surface area (Å²) in [6.07, 6.45) is 9.71. The monoisotopic (exact) mass is 332 g/mol. The van der Waals surface area contributed by atoms with Crippen LogP contribution in [0.3, 0.4) is 0 Å². The number of ether oxygens (including phenoxy) is 3. The second-order valence-electron chi connectivity index (χ2n) is 6.38. The Morgan fingerprint density at radius 2 is 1.64 bits per heavy atom. The Balaban J connectivity index is 1.45. The van der Waals surface area contributed by atoms with Crippen LogP contribution >= 0.6 is 11.8 Å². The molecule has 0 aromatic carbocycles. The molecule has 0 spiro atoms. The summed E-state index contributed by atoms with van der Waals surface area (Å²) in [5, 5.41) is 10.1. The molecule has 2 aliphatic rings. The first kappa shape index (κ1) is 18.5. The molecular weight excluding hydrogens is 300 g/mol. The van der Waals surface area contributed by atoms with Gasteiger partial charge in [-0.2, -0.15) is 11.8 Å². The first-order valence-corrected chi connectivity index (χ1v) is 10.0. The predicted molar refractivity (Wildman–Crippen MR) is 90.3 cm³/mol. The number of epoxide rings is 1. The standard InChI is InChI=1S/C17H32O4S/c1-3-4-5-6-7-8-9-10-11-22-12-13-14(18)15-16(21-15)17(19-2)20-13/h13-18H,3-12H2,1-2H3/t13-,14-,15-,16-,17+/m1/s1. The molecule has 0 radical (unpaired) electrons. The van der Waals surface area contributed by atoms with Crippen LogP contribution < -0.4 is 0 Å². The second-order valence-corrected chi connectivity index (χ2v) is 7.53. The zero-order valence-corrected chi connectivity index (χ0v) is 14.9. The summed E-state index contributed by atoms with van der Waals surface area (Å²) in [5.41, 5.74) is 0. The smallest absolute Gasteiger partial charge is 0.186 e. The normalized spacial score (nSPS) is 33.7. The van der Waals surface area contributed by atoms with Gasteiger partial charge in [-0.3, -0.25) is 0 Å². The highest BCUT2D eigenvalue weighted by atomic mass is 32.2. The van der Waals surface area contributed by atoms with Crippen molar-refractivity contribution in [2.45, 2.75) is 89.0 Å². The van der Waals surface area contributed by atoms with E-state index in [9.17, 15) is 5.11 Å². The molecule has 0 aliphatic carbocycles. The van der Waals surface area contributed by atoms with E-state index in [-0.39, 0.29) is 24.6 Å². The lowest BCUT2D eigenvalue weighted by Gasteiger charge is -2.29. The highest BCUT2D eigenvalue weighted by Gasteiger charge is 2.57. The third-order valence-corrected chi connectivity index (χ3v) is 5.65. The minimum absolute atomic E-state index is 0.0611. The summed E-state index contributed by atoms with van der Waals surface area (Å²) in [6, 6.07) is 0. The summed E-state index contributed by atoms with van der Waals surface area (Å²) < 4.78 is 16.4. The van der Waals surface area contributed by atoms with E-state index >= 15 is 0 Å². The van der Waals surface area contributed by atoms with Crippen LogP contribution in [0.25, 0.3) is 0 Å². The van der Waals surface area contributed by atoms with Crippen LogP contribution in [-0.2, 0) is 14.2 Å². The molecule has 1 N–H and O–H groups in total. The van der Waals surface area contributed by atoms with Gasteiger partial charge in [0.15, 0.2) is 6.29 Å². The van der Waals surface area contributed by atoms with Crippen molar-refractivity contribution >= 4 is 11.8 Å². The predicted octanol–water partition coefficient (Wildman–Crippen LogP) is 3.36. The number of aliphatic hydroxyl groups is 1. The summed E-state index contributed by atoms with van der Waals surface area (Å²) in [6.45, 7) is 2.26. The average Bonchev–Trinajstić information content (AvgIpc) is 3.32. The number of methoxy groups -OCH3 is 1. The number of hydrogen-bond donors (Lipinski definition) is 1. The average molecular weight is 333 g/mol. The zero-order valence-electron chi connectivity index (χ0n) is 14.0. The van der Waals surface area contributed by atoms with E-state index in [0.29, 0.717) is 0 Å². The van der Waals surface area contributed by atoms with Gasteiger partial charge in [0.25, 0.3) is 0 Å². The van der Waals surface area contributed by atoms with Gasteiger partial charge in [-0.15, -0.1) is 0 Å². The van der Waals surface area contributed by atoms with Gasteiger partial charge < -0.3 is 19.3 Å². The van der Waals surface area contributed by atoms with Crippen LogP contribution in [0.15, 0.2) is 0 Å². The van der Waals surface area contributed by atoms with Gasteiger partial charge in [-0.1, -0.05) is 51.9 Å². The number of aliphatic hydroxyl groups excluding tert-OH is 1. The van der Waals surface area contributed by atoms with Crippen molar-refractivity contribution in [3.05, 3.63) is 0 Å². The number of hydrogen-bond acceptors (Lipinski definition) is 5. The number of unbranched alkanes of at least 4 members (excludes halogenated alkanes) is 7. The third-order valence-electron chi connectivity index (χ3n) is 4.51. The fourth-order valence-corrected chi connectivity index (χ4v) is 4.12. The minimum atomic E-state index is -0.498. The Morgan fingerprint density at radius 3 is 2.32 bits per heavy atom. The number of thioether (sulfide) groups is 1. The molecule has 5 heteroatoms. The topological polar surface area (TPSA) is 51.2 Å². The van der Waals surface area contributed by atoms with Crippen molar-refractivity contribution in [3.63, 3.8) is 0 Å². The van der Waals surface area contributed by atoms with Gasteiger partial charge in [-0.05, 0) is 12.2 Å². The van der Waals surface area contributed by atoms with E-state index in [1.54, 1.807) is 7.11 Å². The zero-order chi connectivity index (χ0) is 15.8. The molecule has 0 amide bonds. The highest BCUT2D eigenvalue weighted by Crippen LogP contribution is 2.38. The Labute approximate surface area is 139 Å². The van der Waals surface area contributed by atoms with Gasteiger partial charge in [0.1, 0.15) is 18.3 Å². The first-order chi connectivity index (χ1) is 10.8. The van der Waals surface area contributed by atoms with Crippen molar-refractivity contribution in [1.82, 2.24) is 0 Å². The van der Waals surface area contributed by atoms with Crippen LogP contribution in [0.4, 0.5) is 0 Å². The maximum Gasteiger partial charge on any atom is 0.186 e. The molecule has 0 unspecified atom stereocenters. The van der Waals surface area contributed by atoms with Gasteiger partial charge >= 0.3 is 0 Å². The number of rotatable bonds is 12. The van der Waals surface area contributed by atoms with Crippen molar-refractivity contribution in [2.75, 3.05) is 18.6 Å². The Kier molecular flexibility index (Phi) is 8.54. The molecule has 4 nitrogen and oxygen atoms in total. The molecule has 2 aliphatic heterocycles. The van der Waals surface area contributed by atoms with Crippen LogP contribution in [0.1, 0.15) is 58.3 Å². The molecular formula is C17H32O4S. The summed E-state index contributed by atoms with van der Waals surface area (Å²) in [4.78, 5) is 0. The third kappa shape index (κ3) is 5.68. The molecule has 2 fully saturated rings. The Hall–Kier alpha value is 0.190. The van der Waals surface area contributed by atoms with Gasteiger partial charge in [0, 0.05) is 12.9 Å². The molecule has 0 bridgehead atoms. The molecule has 2 rings (SSSR count). The fourth-order valence-electron chi connectivity index (χ4n) is 3.04. The van der Waals surface area contributed by atoms with Gasteiger partial charge in [-0.25, -0.2) is 0 Å². The summed E-state index contributed by atoms with van der Waals surface area (Å²) >= 11 is 1.87. The Morgan fingerprint density at radius 1 is 0.955 bits per heavy atom. The molecule has 0 aromatic heterocycles. The van der Waals surface area contributed by atoms with Crippen molar-refractivity contribution in [2.24, 2.45) is 0 Å². The van der Waals surface area contributed by atoms with E-state index in [2.05, 4.69) is 6.92 Å². The summed E-state index contributed by atoms with van der Waals surface area (Å²) in [5.74, 6) is 1.97. The highest BCUT2D eigenvalue weighted by molar-refractivity contribution is 7.99. The van der Waals surface area contributed by atoms with Gasteiger partial charge in [0.2, 0.25) is 0 Å². The molecule has 130 valence electrons. The largest absolute Gasteiger partial charge is 0.388 e. The van der Waals surface area contributed by atoms with Crippen LogP contribution in [0.2, 0.25) is 0 Å². The molecule has 0 saturated carbocycles. The van der Waals surface area contributed by atoms with E-state index in [4.69, 9.17) is 14.2 Å². The van der Waals surface area contributed by atoms with Crippen LogP contribution in [0.5, 0.6) is 0 Å². The lowest BCUT2D eigenvalue weighted by atomic mass is 10.1. The molecule has 0 aromatic rings. The van der Waals surface area contributed by atoms with E-state index < -0.39 is 6.10 Å². The van der Waals surface area contributed by atoms with Crippen LogP contribution in [0, 0.1) is 0 Å².